The maximum atomic E-state index is 12.5. The Kier molecular flexibility index (Phi) is 4.01. The molecular formula is C20H17NO3S. The summed E-state index contributed by atoms with van der Waals surface area (Å²) in [6.45, 7) is 0. The van der Waals surface area contributed by atoms with E-state index in [4.69, 9.17) is 0 Å². The van der Waals surface area contributed by atoms with Crippen molar-refractivity contribution in [1.82, 2.24) is 0 Å². The molecule has 0 spiro atoms. The van der Waals surface area contributed by atoms with Crippen molar-refractivity contribution < 1.29 is 14.7 Å². The average molecular weight is 351 g/mol. The highest BCUT2D eigenvalue weighted by Gasteiger charge is 2.27. The minimum absolute atomic E-state index is 0.182. The molecule has 0 radical (unpaired) electrons. The first-order valence-electron chi connectivity index (χ1n) is 8.28. The summed E-state index contributed by atoms with van der Waals surface area (Å²) in [5.41, 5.74) is 2.12. The van der Waals surface area contributed by atoms with E-state index in [0.717, 1.165) is 46.0 Å². The van der Waals surface area contributed by atoms with Crippen molar-refractivity contribution in [2.75, 3.05) is 5.32 Å². The molecule has 3 aromatic rings. The minimum atomic E-state index is -0.958. The zero-order valence-corrected chi connectivity index (χ0v) is 14.4. The highest BCUT2D eigenvalue weighted by Crippen LogP contribution is 2.39. The molecule has 25 heavy (non-hydrogen) atoms. The zero-order valence-electron chi connectivity index (χ0n) is 13.5. The Morgan fingerprint density at radius 1 is 1.08 bits per heavy atom. The van der Waals surface area contributed by atoms with Crippen molar-refractivity contribution in [3.05, 3.63) is 64.0 Å². The Hall–Kier alpha value is -2.66. The number of fused-ring (bicyclic) bond motifs is 2. The fourth-order valence-electron chi connectivity index (χ4n) is 3.51. The van der Waals surface area contributed by atoms with Crippen LogP contribution in [0.25, 0.3) is 10.8 Å². The van der Waals surface area contributed by atoms with Crippen LogP contribution in [0.4, 0.5) is 5.00 Å². The second-order valence-electron chi connectivity index (χ2n) is 6.23. The summed E-state index contributed by atoms with van der Waals surface area (Å²) in [6.07, 6.45) is 2.90. The lowest BCUT2D eigenvalue weighted by molar-refractivity contribution is -0.115. The molecule has 4 rings (SSSR count). The fraction of sp³-hybridized carbons (Fsp3) is 0.200. The number of amides is 1. The van der Waals surface area contributed by atoms with Crippen LogP contribution in [0.1, 0.15) is 32.8 Å². The summed E-state index contributed by atoms with van der Waals surface area (Å²) in [7, 11) is 0. The lowest BCUT2D eigenvalue weighted by atomic mass is 10.0. The standard InChI is InChI=1S/C20H17NO3S/c22-17(11-13-7-3-6-12-5-1-2-8-14(12)13)21-19-18(20(23)24)15-9-4-10-16(15)25-19/h1-3,5-8H,4,9-11H2,(H,21,22)(H,23,24). The van der Waals surface area contributed by atoms with Crippen molar-refractivity contribution >= 4 is 39.0 Å². The number of carbonyl (C=O) groups excluding carboxylic acids is 1. The number of aromatic carboxylic acids is 1. The van der Waals surface area contributed by atoms with Crippen LogP contribution in [0.5, 0.6) is 0 Å². The minimum Gasteiger partial charge on any atom is -0.478 e. The lowest BCUT2D eigenvalue weighted by Gasteiger charge is -2.08. The van der Waals surface area contributed by atoms with E-state index in [1.807, 2.05) is 42.5 Å². The molecule has 0 bridgehead atoms. The van der Waals surface area contributed by atoms with Crippen LogP contribution in [0.15, 0.2) is 42.5 Å². The first-order chi connectivity index (χ1) is 12.1. The Morgan fingerprint density at radius 2 is 1.88 bits per heavy atom. The van der Waals surface area contributed by atoms with Gasteiger partial charge in [0.2, 0.25) is 5.91 Å². The van der Waals surface area contributed by atoms with E-state index in [-0.39, 0.29) is 17.9 Å². The molecule has 1 aliphatic rings. The molecule has 4 nitrogen and oxygen atoms in total. The molecule has 0 saturated carbocycles. The van der Waals surface area contributed by atoms with E-state index in [0.29, 0.717) is 5.00 Å². The third-order valence-corrected chi connectivity index (χ3v) is 5.83. The summed E-state index contributed by atoms with van der Waals surface area (Å²) in [5.74, 6) is -1.14. The van der Waals surface area contributed by atoms with Crippen LogP contribution in [0, 0.1) is 0 Å². The Bertz CT molecular complexity index is 985. The van der Waals surface area contributed by atoms with Crippen LogP contribution < -0.4 is 5.32 Å². The molecule has 0 fully saturated rings. The highest BCUT2D eigenvalue weighted by atomic mass is 32.1. The van der Waals surface area contributed by atoms with Crippen LogP contribution >= 0.6 is 11.3 Å². The number of rotatable bonds is 4. The van der Waals surface area contributed by atoms with Gasteiger partial charge in [0.1, 0.15) is 5.00 Å². The van der Waals surface area contributed by atoms with Crippen molar-refractivity contribution in [2.45, 2.75) is 25.7 Å². The topological polar surface area (TPSA) is 66.4 Å². The molecule has 1 heterocycles. The largest absolute Gasteiger partial charge is 0.478 e. The number of aryl methyl sites for hydroxylation is 1. The number of thiophene rings is 1. The number of nitrogens with one attached hydrogen (secondary N) is 1. The molecular weight excluding hydrogens is 334 g/mol. The SMILES string of the molecule is O=C(Cc1cccc2ccccc12)Nc1sc2c(c1C(=O)O)CCC2. The van der Waals surface area contributed by atoms with Crippen LogP contribution in [-0.2, 0) is 24.1 Å². The summed E-state index contributed by atoms with van der Waals surface area (Å²) in [5, 5.41) is 15.0. The number of carboxylic acids is 1. The predicted octanol–water partition coefficient (Wildman–Crippen LogP) is 4.27. The Labute approximate surface area is 149 Å². The second kappa shape index (κ2) is 6.33. The van der Waals surface area contributed by atoms with Gasteiger partial charge in [-0.1, -0.05) is 42.5 Å². The second-order valence-corrected chi connectivity index (χ2v) is 7.34. The lowest BCUT2D eigenvalue weighted by Crippen LogP contribution is -2.16. The van der Waals surface area contributed by atoms with E-state index in [1.165, 1.54) is 11.3 Å². The van der Waals surface area contributed by atoms with Gasteiger partial charge in [0.05, 0.1) is 12.0 Å². The summed E-state index contributed by atoms with van der Waals surface area (Å²) in [6, 6.07) is 13.8. The number of carboxylic acid groups (broad SMARTS) is 1. The summed E-state index contributed by atoms with van der Waals surface area (Å²) in [4.78, 5) is 25.2. The Morgan fingerprint density at radius 3 is 2.72 bits per heavy atom. The third-order valence-electron chi connectivity index (χ3n) is 4.62. The van der Waals surface area contributed by atoms with E-state index in [1.54, 1.807) is 0 Å². The van der Waals surface area contributed by atoms with Crippen molar-refractivity contribution in [3.8, 4) is 0 Å². The van der Waals surface area contributed by atoms with Gasteiger partial charge in [-0.25, -0.2) is 4.79 Å². The smallest absolute Gasteiger partial charge is 0.339 e. The first kappa shape index (κ1) is 15.8. The highest BCUT2D eigenvalue weighted by molar-refractivity contribution is 7.17. The average Bonchev–Trinajstić information content (AvgIpc) is 3.15. The van der Waals surface area contributed by atoms with Crippen LogP contribution in [0.3, 0.4) is 0 Å². The normalized spacial score (nSPS) is 13.0. The molecule has 1 amide bonds. The fourth-order valence-corrected chi connectivity index (χ4v) is 4.81. The molecule has 126 valence electrons. The van der Waals surface area contributed by atoms with E-state index in [9.17, 15) is 14.7 Å². The van der Waals surface area contributed by atoms with Gasteiger partial charge in [0, 0.05) is 4.88 Å². The number of carbonyl (C=O) groups is 2. The first-order valence-corrected chi connectivity index (χ1v) is 9.09. The summed E-state index contributed by atoms with van der Waals surface area (Å²) >= 11 is 1.41. The van der Waals surface area contributed by atoms with Crippen LogP contribution in [0.2, 0.25) is 0 Å². The van der Waals surface area contributed by atoms with Gasteiger partial charge in [0.25, 0.3) is 0 Å². The number of hydrogen-bond acceptors (Lipinski definition) is 3. The van der Waals surface area contributed by atoms with Crippen molar-refractivity contribution in [2.24, 2.45) is 0 Å². The van der Waals surface area contributed by atoms with E-state index in [2.05, 4.69) is 5.32 Å². The van der Waals surface area contributed by atoms with Gasteiger partial charge < -0.3 is 10.4 Å². The summed E-state index contributed by atoms with van der Waals surface area (Å²) < 4.78 is 0. The van der Waals surface area contributed by atoms with Crippen LogP contribution in [-0.4, -0.2) is 17.0 Å². The Balaban J connectivity index is 1.60. The van der Waals surface area contributed by atoms with Crippen molar-refractivity contribution in [3.63, 3.8) is 0 Å². The molecule has 1 aromatic heterocycles. The van der Waals surface area contributed by atoms with Gasteiger partial charge in [0.15, 0.2) is 0 Å². The molecule has 5 heteroatoms. The van der Waals surface area contributed by atoms with Gasteiger partial charge in [-0.2, -0.15) is 0 Å². The number of anilines is 1. The monoisotopic (exact) mass is 351 g/mol. The quantitative estimate of drug-likeness (QED) is 0.738. The van der Waals surface area contributed by atoms with Crippen molar-refractivity contribution in [1.29, 1.82) is 0 Å². The molecule has 1 aliphatic carbocycles. The zero-order chi connectivity index (χ0) is 17.4. The number of benzene rings is 2. The van der Waals surface area contributed by atoms with Gasteiger partial charge >= 0.3 is 5.97 Å². The maximum Gasteiger partial charge on any atom is 0.339 e. The predicted molar refractivity (Wildman–Crippen MR) is 99.6 cm³/mol. The van der Waals surface area contributed by atoms with Gasteiger partial charge in [-0.15, -0.1) is 11.3 Å². The molecule has 0 aliphatic heterocycles. The van der Waals surface area contributed by atoms with Gasteiger partial charge in [-0.05, 0) is 41.2 Å². The number of hydrogen-bond donors (Lipinski definition) is 2. The molecule has 2 aromatic carbocycles. The molecule has 2 N–H and O–H groups in total. The van der Waals surface area contributed by atoms with E-state index < -0.39 is 5.97 Å². The third kappa shape index (κ3) is 2.91. The molecule has 0 atom stereocenters. The van der Waals surface area contributed by atoms with E-state index >= 15 is 0 Å². The molecule has 0 unspecified atom stereocenters. The van der Waals surface area contributed by atoms with Gasteiger partial charge in [-0.3, -0.25) is 4.79 Å². The molecule has 0 saturated heterocycles. The maximum absolute atomic E-state index is 12.5.